The first-order chi connectivity index (χ1) is 13.7. The van der Waals surface area contributed by atoms with Crippen LogP contribution in [-0.4, -0.2) is 70.2 Å². The smallest absolute Gasteiger partial charge is 0.0757 e. The van der Waals surface area contributed by atoms with Gasteiger partial charge in [-0.25, -0.2) is 0 Å². The van der Waals surface area contributed by atoms with Crippen LogP contribution in [0.2, 0.25) is 0 Å². The Morgan fingerprint density at radius 3 is 1.69 bits per heavy atom. The summed E-state index contributed by atoms with van der Waals surface area (Å²) in [5.74, 6) is 0.740. The highest BCUT2D eigenvalue weighted by Crippen LogP contribution is 2.22. The van der Waals surface area contributed by atoms with Crippen molar-refractivity contribution in [2.75, 3.05) is 38.6 Å². The number of aliphatic hydroxyl groups is 3. The van der Waals surface area contributed by atoms with Crippen molar-refractivity contribution in [3.05, 3.63) is 0 Å². The van der Waals surface area contributed by atoms with Gasteiger partial charge in [-0.3, -0.25) is 4.90 Å². The van der Waals surface area contributed by atoms with E-state index >= 15 is 0 Å². The number of aliphatic hydroxyl groups excluding tert-OH is 3. The molecule has 0 aromatic heterocycles. The molecular formula is C23H50ClNO3S. The fourth-order valence-electron chi connectivity index (χ4n) is 3.62. The van der Waals surface area contributed by atoms with E-state index in [2.05, 4.69) is 13.8 Å². The molecule has 29 heavy (non-hydrogen) atoms. The van der Waals surface area contributed by atoms with Gasteiger partial charge < -0.3 is 15.3 Å². The number of hydrogen-bond acceptors (Lipinski definition) is 5. The number of halogens is 1. The summed E-state index contributed by atoms with van der Waals surface area (Å²) in [7, 11) is 0. The monoisotopic (exact) mass is 455 g/mol. The molecule has 0 aliphatic heterocycles. The molecule has 4 nitrogen and oxygen atoms in total. The van der Waals surface area contributed by atoms with Crippen LogP contribution in [0, 0.1) is 0 Å². The van der Waals surface area contributed by atoms with Crippen LogP contribution in [0.25, 0.3) is 0 Å². The first kappa shape index (κ1) is 31.7. The largest absolute Gasteiger partial charge is 0.395 e. The fraction of sp³-hybridized carbons (Fsp3) is 1.00. The van der Waals surface area contributed by atoms with Crippen LogP contribution >= 0.6 is 24.2 Å². The quantitative estimate of drug-likeness (QED) is 0.194. The molecule has 6 heteroatoms. The zero-order valence-corrected chi connectivity index (χ0v) is 20.8. The van der Waals surface area contributed by atoms with Gasteiger partial charge in [0.1, 0.15) is 0 Å². The van der Waals surface area contributed by atoms with E-state index in [1.54, 1.807) is 0 Å². The van der Waals surface area contributed by atoms with Gasteiger partial charge in [0.15, 0.2) is 0 Å². The predicted molar refractivity (Wildman–Crippen MR) is 131 cm³/mol. The van der Waals surface area contributed by atoms with Gasteiger partial charge in [0.25, 0.3) is 0 Å². The molecule has 2 atom stereocenters. The molecule has 178 valence electrons. The standard InChI is InChI=1S/C23H49NO3S.ClH/c1-3-5-6-7-8-9-10-11-12-13-14-15-23(4-2)28-21-22(27)20-24(16-18-25)17-19-26;/h22-23,25-27H,3-21H2,1-2H3;1H. The van der Waals surface area contributed by atoms with Gasteiger partial charge in [0.05, 0.1) is 19.3 Å². The molecule has 0 bridgehead atoms. The highest BCUT2D eigenvalue weighted by Gasteiger charge is 2.14. The van der Waals surface area contributed by atoms with Crippen LogP contribution in [0.15, 0.2) is 0 Å². The van der Waals surface area contributed by atoms with Crippen molar-refractivity contribution in [2.45, 2.75) is 109 Å². The van der Waals surface area contributed by atoms with Crippen molar-refractivity contribution in [3.63, 3.8) is 0 Å². The van der Waals surface area contributed by atoms with Crippen LogP contribution in [0.4, 0.5) is 0 Å². The molecule has 0 aromatic carbocycles. The Balaban J connectivity index is 0. The van der Waals surface area contributed by atoms with E-state index in [1.165, 1.54) is 77.0 Å². The number of nitrogens with zero attached hydrogens (tertiary/aromatic N) is 1. The summed E-state index contributed by atoms with van der Waals surface area (Å²) in [6.45, 7) is 6.20. The van der Waals surface area contributed by atoms with Gasteiger partial charge in [0, 0.05) is 30.6 Å². The SMILES string of the molecule is CCCCCCCCCCCCCC(CC)SCC(O)CN(CCO)CCO.Cl. The Hall–Kier alpha value is 0.480. The lowest BCUT2D eigenvalue weighted by molar-refractivity contribution is 0.0994. The molecule has 2 unspecified atom stereocenters. The normalized spacial score (nSPS) is 13.4. The Bertz CT molecular complexity index is 308. The molecule has 0 aliphatic carbocycles. The molecule has 0 spiro atoms. The third-order valence-electron chi connectivity index (χ3n) is 5.41. The van der Waals surface area contributed by atoms with Crippen molar-refractivity contribution < 1.29 is 15.3 Å². The minimum Gasteiger partial charge on any atom is -0.395 e. The summed E-state index contributed by atoms with van der Waals surface area (Å²) in [6.07, 6.45) is 17.2. The molecule has 0 amide bonds. The topological polar surface area (TPSA) is 63.9 Å². The summed E-state index contributed by atoms with van der Waals surface area (Å²) < 4.78 is 0. The number of rotatable bonds is 22. The van der Waals surface area contributed by atoms with Crippen molar-refractivity contribution in [3.8, 4) is 0 Å². The van der Waals surface area contributed by atoms with Crippen molar-refractivity contribution in [1.82, 2.24) is 4.90 Å². The summed E-state index contributed by atoms with van der Waals surface area (Å²) in [4.78, 5) is 1.93. The molecule has 3 N–H and O–H groups in total. The summed E-state index contributed by atoms with van der Waals surface area (Å²) in [5.41, 5.74) is 0. The van der Waals surface area contributed by atoms with Crippen LogP contribution in [0.3, 0.4) is 0 Å². The van der Waals surface area contributed by atoms with Crippen molar-refractivity contribution in [2.24, 2.45) is 0 Å². The van der Waals surface area contributed by atoms with Crippen molar-refractivity contribution >= 4 is 24.2 Å². The van der Waals surface area contributed by atoms with Crippen LogP contribution in [0.1, 0.15) is 97.3 Å². The minimum atomic E-state index is -0.394. The Kier molecular flexibility index (Phi) is 27.0. The summed E-state index contributed by atoms with van der Waals surface area (Å²) >= 11 is 1.89. The molecular weight excluding hydrogens is 406 g/mol. The maximum absolute atomic E-state index is 10.3. The van der Waals surface area contributed by atoms with Gasteiger partial charge >= 0.3 is 0 Å². The summed E-state index contributed by atoms with van der Waals surface area (Å²) in [6, 6.07) is 0. The van der Waals surface area contributed by atoms with E-state index in [9.17, 15) is 5.11 Å². The van der Waals surface area contributed by atoms with Crippen molar-refractivity contribution in [1.29, 1.82) is 0 Å². The molecule has 0 fully saturated rings. The van der Waals surface area contributed by atoms with E-state index < -0.39 is 6.10 Å². The first-order valence-corrected chi connectivity index (χ1v) is 13.0. The maximum Gasteiger partial charge on any atom is 0.0757 e. The predicted octanol–water partition coefficient (Wildman–Crippen LogP) is 5.27. The average molecular weight is 456 g/mol. The summed E-state index contributed by atoms with van der Waals surface area (Å²) in [5, 5.41) is 29.0. The molecule has 0 rings (SSSR count). The first-order valence-electron chi connectivity index (χ1n) is 11.9. The molecule has 0 aliphatic rings. The van der Waals surface area contributed by atoms with Gasteiger partial charge in [0.2, 0.25) is 0 Å². The second-order valence-electron chi connectivity index (χ2n) is 8.09. The molecule has 0 saturated carbocycles. The molecule has 0 radical (unpaired) electrons. The molecule has 0 heterocycles. The number of hydrogen-bond donors (Lipinski definition) is 3. The zero-order chi connectivity index (χ0) is 20.9. The zero-order valence-electron chi connectivity index (χ0n) is 19.2. The van der Waals surface area contributed by atoms with E-state index in [1.807, 2.05) is 16.7 Å². The maximum atomic E-state index is 10.3. The van der Waals surface area contributed by atoms with E-state index in [0.717, 1.165) is 12.2 Å². The van der Waals surface area contributed by atoms with Crippen LogP contribution in [0.5, 0.6) is 0 Å². The van der Waals surface area contributed by atoms with E-state index in [4.69, 9.17) is 10.2 Å². The molecule has 0 saturated heterocycles. The molecule has 0 aromatic rings. The van der Waals surface area contributed by atoms with Gasteiger partial charge in [-0.1, -0.05) is 84.5 Å². The van der Waals surface area contributed by atoms with E-state index in [-0.39, 0.29) is 25.6 Å². The number of unbranched alkanes of at least 4 members (excludes halogenated alkanes) is 10. The van der Waals surface area contributed by atoms with Crippen LogP contribution < -0.4 is 0 Å². The van der Waals surface area contributed by atoms with Gasteiger partial charge in [-0.15, -0.1) is 12.4 Å². The Labute approximate surface area is 191 Å². The van der Waals surface area contributed by atoms with Crippen LogP contribution in [-0.2, 0) is 0 Å². The highest BCUT2D eigenvalue weighted by atomic mass is 35.5. The third kappa shape index (κ3) is 21.5. The Morgan fingerprint density at radius 2 is 1.24 bits per heavy atom. The van der Waals surface area contributed by atoms with E-state index in [0.29, 0.717) is 24.9 Å². The Morgan fingerprint density at radius 1 is 0.759 bits per heavy atom. The van der Waals surface area contributed by atoms with Gasteiger partial charge in [-0.2, -0.15) is 11.8 Å². The number of thioether (sulfide) groups is 1. The lowest BCUT2D eigenvalue weighted by Crippen LogP contribution is -2.37. The lowest BCUT2D eigenvalue weighted by Gasteiger charge is -2.24. The second kappa shape index (κ2) is 24.7. The fourth-order valence-corrected chi connectivity index (χ4v) is 4.79. The average Bonchev–Trinajstić information content (AvgIpc) is 2.68. The second-order valence-corrected chi connectivity index (χ2v) is 9.42. The minimum absolute atomic E-state index is 0. The van der Waals surface area contributed by atoms with Gasteiger partial charge in [-0.05, 0) is 12.8 Å². The lowest BCUT2D eigenvalue weighted by atomic mass is 10.0. The highest BCUT2D eigenvalue weighted by molar-refractivity contribution is 7.99. The third-order valence-corrected chi connectivity index (χ3v) is 7.03.